The van der Waals surface area contributed by atoms with Crippen LogP contribution in [0.5, 0.6) is 5.75 Å². The van der Waals surface area contributed by atoms with E-state index in [2.05, 4.69) is 10.3 Å². The van der Waals surface area contributed by atoms with Crippen LogP contribution in [-0.4, -0.2) is 17.5 Å². The van der Waals surface area contributed by atoms with Crippen LogP contribution in [0.1, 0.15) is 28.4 Å². The standard InChI is InChI=1S/C27H23Cl2N5O2/c28-17-12-16(13-18(29)14-17)19-5-3-6-21-25(19)32-15-22(26(21)34(31)10-9-30)27(35)33-23-8-11-36-24-7-2-1-4-20(23)24/h1-7,9-10,12-15,23H,8,11,30-31H2,(H,33,35)/b10-9-. The van der Waals surface area contributed by atoms with Crippen molar-refractivity contribution in [1.29, 1.82) is 0 Å². The first-order valence-corrected chi connectivity index (χ1v) is 12.0. The van der Waals surface area contributed by atoms with Gasteiger partial charge in [0.1, 0.15) is 5.75 Å². The smallest absolute Gasteiger partial charge is 0.255 e. The molecule has 4 aromatic rings. The molecule has 0 bridgehead atoms. The minimum absolute atomic E-state index is 0.206. The molecule has 0 saturated carbocycles. The Morgan fingerprint density at radius 1 is 1.11 bits per heavy atom. The average Bonchev–Trinajstić information content (AvgIpc) is 2.87. The third-order valence-corrected chi connectivity index (χ3v) is 6.49. The van der Waals surface area contributed by atoms with Gasteiger partial charge in [0.05, 0.1) is 29.4 Å². The number of aromatic nitrogens is 1. The number of anilines is 1. The molecule has 1 aromatic heterocycles. The van der Waals surface area contributed by atoms with Crippen molar-refractivity contribution >= 4 is 45.7 Å². The summed E-state index contributed by atoms with van der Waals surface area (Å²) >= 11 is 12.5. The van der Waals surface area contributed by atoms with Gasteiger partial charge in [-0.05, 0) is 29.8 Å². The summed E-state index contributed by atoms with van der Waals surface area (Å²) in [6, 6.07) is 18.4. The van der Waals surface area contributed by atoms with Crippen LogP contribution in [0.2, 0.25) is 10.0 Å². The summed E-state index contributed by atoms with van der Waals surface area (Å²) in [6.07, 6.45) is 4.97. The molecule has 0 aliphatic carbocycles. The fraction of sp³-hybridized carbons (Fsp3) is 0.111. The quantitative estimate of drug-likeness (QED) is 0.235. The van der Waals surface area contributed by atoms with E-state index in [1.165, 1.54) is 23.6 Å². The highest BCUT2D eigenvalue weighted by atomic mass is 35.5. The summed E-state index contributed by atoms with van der Waals surface area (Å²) in [5, 5.41) is 6.14. The first-order valence-electron chi connectivity index (χ1n) is 11.3. The number of halogens is 2. The predicted molar refractivity (Wildman–Crippen MR) is 144 cm³/mol. The van der Waals surface area contributed by atoms with Crippen LogP contribution in [-0.2, 0) is 0 Å². The Bertz CT molecular complexity index is 1470. The molecule has 1 unspecified atom stereocenters. The van der Waals surface area contributed by atoms with Crippen molar-refractivity contribution in [3.8, 4) is 16.9 Å². The second-order valence-electron chi connectivity index (χ2n) is 8.33. The first-order chi connectivity index (χ1) is 17.5. The van der Waals surface area contributed by atoms with Gasteiger partial charge in [-0.1, -0.05) is 59.6 Å². The van der Waals surface area contributed by atoms with E-state index in [1.54, 1.807) is 6.07 Å². The van der Waals surface area contributed by atoms with E-state index in [0.717, 1.165) is 22.4 Å². The molecule has 0 spiro atoms. The summed E-state index contributed by atoms with van der Waals surface area (Å²) < 4.78 is 5.73. The molecule has 5 N–H and O–H groups in total. The number of ether oxygens (including phenoxy) is 1. The molecule has 0 fully saturated rings. The second-order valence-corrected chi connectivity index (χ2v) is 9.20. The molecular weight excluding hydrogens is 497 g/mol. The van der Waals surface area contributed by atoms with Crippen LogP contribution < -0.4 is 26.6 Å². The zero-order valence-corrected chi connectivity index (χ0v) is 20.6. The molecule has 182 valence electrons. The maximum absolute atomic E-state index is 13.6. The van der Waals surface area contributed by atoms with E-state index < -0.39 is 0 Å². The van der Waals surface area contributed by atoms with Crippen molar-refractivity contribution in [2.45, 2.75) is 12.5 Å². The van der Waals surface area contributed by atoms with Gasteiger partial charge in [-0.2, -0.15) is 0 Å². The van der Waals surface area contributed by atoms with Gasteiger partial charge in [0, 0.05) is 51.6 Å². The lowest BCUT2D eigenvalue weighted by atomic mass is 9.98. The Morgan fingerprint density at radius 2 is 1.89 bits per heavy atom. The number of benzene rings is 3. The molecule has 2 heterocycles. The van der Waals surface area contributed by atoms with Crippen LogP contribution in [0.4, 0.5) is 5.69 Å². The maximum atomic E-state index is 13.6. The summed E-state index contributed by atoms with van der Waals surface area (Å²) in [5.74, 6) is 6.81. The van der Waals surface area contributed by atoms with E-state index in [9.17, 15) is 4.79 Å². The number of hydrazine groups is 1. The monoisotopic (exact) mass is 519 g/mol. The molecule has 36 heavy (non-hydrogen) atoms. The molecule has 1 amide bonds. The number of nitrogens with two attached hydrogens (primary N) is 2. The minimum Gasteiger partial charge on any atom is -0.493 e. The van der Waals surface area contributed by atoms with E-state index in [4.69, 9.17) is 39.5 Å². The highest BCUT2D eigenvalue weighted by Gasteiger charge is 2.26. The molecule has 0 saturated heterocycles. The Hall–Kier alpha value is -3.78. The Kier molecular flexibility index (Phi) is 6.69. The third kappa shape index (κ3) is 4.56. The van der Waals surface area contributed by atoms with Crippen LogP contribution in [0.15, 0.2) is 79.3 Å². The van der Waals surface area contributed by atoms with Gasteiger partial charge in [0.15, 0.2) is 0 Å². The zero-order chi connectivity index (χ0) is 25.2. The largest absolute Gasteiger partial charge is 0.493 e. The molecule has 7 nitrogen and oxygen atoms in total. The lowest BCUT2D eigenvalue weighted by molar-refractivity contribution is 0.0925. The van der Waals surface area contributed by atoms with Crippen molar-refractivity contribution in [2.24, 2.45) is 11.6 Å². The number of para-hydroxylation sites is 2. The summed E-state index contributed by atoms with van der Waals surface area (Å²) in [4.78, 5) is 18.2. The molecule has 5 rings (SSSR count). The normalized spacial score (nSPS) is 14.9. The SMILES string of the molecule is N/C=C\N(N)c1c(C(=O)NC2CCOc3ccccc32)cnc2c(-c3cc(Cl)cc(Cl)c3)cccc12. The zero-order valence-electron chi connectivity index (χ0n) is 19.1. The lowest BCUT2D eigenvalue weighted by Crippen LogP contribution is -2.34. The maximum Gasteiger partial charge on any atom is 0.255 e. The van der Waals surface area contributed by atoms with Gasteiger partial charge in [-0.3, -0.25) is 14.8 Å². The molecule has 3 aromatic carbocycles. The van der Waals surface area contributed by atoms with Crippen molar-refractivity contribution in [1.82, 2.24) is 10.3 Å². The number of carbonyl (C=O) groups excluding carboxylic acids is 1. The molecule has 0 radical (unpaired) electrons. The van der Waals surface area contributed by atoms with Gasteiger partial charge >= 0.3 is 0 Å². The van der Waals surface area contributed by atoms with E-state index in [0.29, 0.717) is 45.2 Å². The fourth-order valence-corrected chi connectivity index (χ4v) is 5.02. The highest BCUT2D eigenvalue weighted by Crippen LogP contribution is 2.37. The van der Waals surface area contributed by atoms with Crippen LogP contribution in [0.3, 0.4) is 0 Å². The van der Waals surface area contributed by atoms with Crippen molar-refractivity contribution in [2.75, 3.05) is 11.6 Å². The number of rotatable bonds is 5. The van der Waals surface area contributed by atoms with Crippen LogP contribution in [0, 0.1) is 0 Å². The number of nitrogens with one attached hydrogen (secondary N) is 1. The van der Waals surface area contributed by atoms with Gasteiger partial charge < -0.3 is 15.8 Å². The van der Waals surface area contributed by atoms with Gasteiger partial charge in [0.2, 0.25) is 0 Å². The summed E-state index contributed by atoms with van der Waals surface area (Å²) in [6.45, 7) is 0.509. The van der Waals surface area contributed by atoms with Gasteiger partial charge in [-0.15, -0.1) is 0 Å². The molecule has 1 aliphatic heterocycles. The molecule has 1 atom stereocenters. The van der Waals surface area contributed by atoms with Gasteiger partial charge in [0.25, 0.3) is 5.91 Å². The lowest BCUT2D eigenvalue weighted by Gasteiger charge is -2.27. The van der Waals surface area contributed by atoms with Crippen LogP contribution >= 0.6 is 23.2 Å². The Morgan fingerprint density at radius 3 is 2.67 bits per heavy atom. The number of hydrogen-bond acceptors (Lipinski definition) is 6. The first kappa shape index (κ1) is 23.9. The number of carbonyl (C=O) groups is 1. The van der Waals surface area contributed by atoms with Crippen molar-refractivity contribution < 1.29 is 9.53 Å². The van der Waals surface area contributed by atoms with E-state index in [1.807, 2.05) is 54.6 Å². The Balaban J connectivity index is 1.61. The fourth-order valence-electron chi connectivity index (χ4n) is 4.49. The highest BCUT2D eigenvalue weighted by molar-refractivity contribution is 6.35. The number of hydrogen-bond donors (Lipinski definition) is 3. The average molecular weight is 520 g/mol. The third-order valence-electron chi connectivity index (χ3n) is 6.06. The molecule has 9 heteroatoms. The number of nitrogens with zero attached hydrogens (tertiary/aromatic N) is 2. The summed E-state index contributed by atoms with van der Waals surface area (Å²) in [5.41, 5.74) is 9.58. The number of pyridine rings is 1. The summed E-state index contributed by atoms with van der Waals surface area (Å²) in [7, 11) is 0. The van der Waals surface area contributed by atoms with Gasteiger partial charge in [-0.25, -0.2) is 5.84 Å². The predicted octanol–water partition coefficient (Wildman–Crippen LogP) is 5.57. The number of fused-ring (bicyclic) bond motifs is 2. The number of amides is 1. The molecular formula is C27H23Cl2N5O2. The van der Waals surface area contributed by atoms with E-state index in [-0.39, 0.29) is 11.9 Å². The van der Waals surface area contributed by atoms with Crippen molar-refractivity contribution in [3.63, 3.8) is 0 Å². The second kappa shape index (κ2) is 10.1. The van der Waals surface area contributed by atoms with Crippen molar-refractivity contribution in [3.05, 3.63) is 100 Å². The topological polar surface area (TPSA) is 106 Å². The Labute approximate surface area is 218 Å². The molecule has 1 aliphatic rings. The van der Waals surface area contributed by atoms with E-state index >= 15 is 0 Å². The minimum atomic E-state index is -0.307. The van der Waals surface area contributed by atoms with Crippen LogP contribution in [0.25, 0.3) is 22.0 Å².